The SMILES string of the molecule is O=C(Cc1ccccc1Cl)N1CCC(n2nccn2)CC1. The Labute approximate surface area is 128 Å². The molecule has 2 heterocycles. The second-order valence-corrected chi connectivity index (χ2v) is 5.64. The largest absolute Gasteiger partial charge is 0.342 e. The summed E-state index contributed by atoms with van der Waals surface area (Å²) in [5, 5.41) is 9.00. The first-order valence-electron chi connectivity index (χ1n) is 7.11. The van der Waals surface area contributed by atoms with Gasteiger partial charge in [-0.1, -0.05) is 29.8 Å². The number of halogens is 1. The van der Waals surface area contributed by atoms with Crippen molar-refractivity contribution in [2.45, 2.75) is 25.3 Å². The van der Waals surface area contributed by atoms with Gasteiger partial charge >= 0.3 is 0 Å². The van der Waals surface area contributed by atoms with Crippen LogP contribution in [0.2, 0.25) is 5.02 Å². The molecular formula is C15H17ClN4O. The van der Waals surface area contributed by atoms with Crippen LogP contribution >= 0.6 is 11.6 Å². The Hall–Kier alpha value is -1.88. The van der Waals surface area contributed by atoms with Gasteiger partial charge in [-0.05, 0) is 24.5 Å². The Morgan fingerprint density at radius 1 is 1.19 bits per heavy atom. The van der Waals surface area contributed by atoms with Gasteiger partial charge in [0.2, 0.25) is 5.91 Å². The lowest BCUT2D eigenvalue weighted by Gasteiger charge is -2.31. The standard InChI is InChI=1S/C15H17ClN4O/c16-14-4-2-1-3-12(14)11-15(21)19-9-5-13(6-10-19)20-17-7-8-18-20/h1-4,7-8,13H,5-6,9-11H2. The summed E-state index contributed by atoms with van der Waals surface area (Å²) >= 11 is 6.11. The molecule has 2 aromatic rings. The van der Waals surface area contributed by atoms with Gasteiger partial charge in [-0.3, -0.25) is 4.79 Å². The van der Waals surface area contributed by atoms with Crippen molar-refractivity contribution in [3.8, 4) is 0 Å². The maximum Gasteiger partial charge on any atom is 0.227 e. The van der Waals surface area contributed by atoms with Crippen LogP contribution in [-0.4, -0.2) is 38.9 Å². The van der Waals surface area contributed by atoms with Crippen LogP contribution in [0.1, 0.15) is 24.4 Å². The molecule has 0 N–H and O–H groups in total. The lowest BCUT2D eigenvalue weighted by molar-refractivity contribution is -0.131. The lowest BCUT2D eigenvalue weighted by Crippen LogP contribution is -2.40. The van der Waals surface area contributed by atoms with E-state index in [0.29, 0.717) is 17.5 Å². The molecule has 0 radical (unpaired) electrons. The second-order valence-electron chi connectivity index (χ2n) is 5.23. The summed E-state index contributed by atoms with van der Waals surface area (Å²) in [6, 6.07) is 7.80. The third-order valence-electron chi connectivity index (χ3n) is 3.88. The van der Waals surface area contributed by atoms with Crippen molar-refractivity contribution >= 4 is 17.5 Å². The summed E-state index contributed by atoms with van der Waals surface area (Å²) in [6.45, 7) is 1.49. The number of nitrogens with zero attached hydrogens (tertiary/aromatic N) is 4. The van der Waals surface area contributed by atoms with Gasteiger partial charge in [0, 0.05) is 18.1 Å². The van der Waals surface area contributed by atoms with E-state index in [1.165, 1.54) is 0 Å². The van der Waals surface area contributed by atoms with Crippen molar-refractivity contribution in [1.82, 2.24) is 19.9 Å². The summed E-state index contributed by atoms with van der Waals surface area (Å²) in [6.07, 6.45) is 5.53. The van der Waals surface area contributed by atoms with Crippen molar-refractivity contribution < 1.29 is 4.79 Å². The number of piperidine rings is 1. The van der Waals surface area contributed by atoms with Crippen molar-refractivity contribution in [1.29, 1.82) is 0 Å². The smallest absolute Gasteiger partial charge is 0.227 e. The van der Waals surface area contributed by atoms with E-state index in [1.807, 2.05) is 29.2 Å². The molecule has 1 amide bonds. The van der Waals surface area contributed by atoms with E-state index < -0.39 is 0 Å². The number of rotatable bonds is 3. The number of hydrogen-bond donors (Lipinski definition) is 0. The molecule has 1 saturated heterocycles. The van der Waals surface area contributed by atoms with Gasteiger partial charge in [0.05, 0.1) is 24.9 Å². The fourth-order valence-corrected chi connectivity index (χ4v) is 2.88. The van der Waals surface area contributed by atoms with E-state index >= 15 is 0 Å². The fourth-order valence-electron chi connectivity index (χ4n) is 2.68. The predicted molar refractivity (Wildman–Crippen MR) is 80.0 cm³/mol. The van der Waals surface area contributed by atoms with E-state index in [9.17, 15) is 4.79 Å². The van der Waals surface area contributed by atoms with Gasteiger partial charge in [-0.15, -0.1) is 0 Å². The Morgan fingerprint density at radius 3 is 2.52 bits per heavy atom. The lowest BCUT2D eigenvalue weighted by atomic mass is 10.0. The van der Waals surface area contributed by atoms with Crippen molar-refractivity contribution in [2.75, 3.05) is 13.1 Å². The highest BCUT2D eigenvalue weighted by atomic mass is 35.5. The topological polar surface area (TPSA) is 51.0 Å². The molecule has 0 spiro atoms. The zero-order valence-electron chi connectivity index (χ0n) is 11.7. The van der Waals surface area contributed by atoms with Crippen LogP contribution in [0.25, 0.3) is 0 Å². The van der Waals surface area contributed by atoms with Crippen LogP contribution in [0.15, 0.2) is 36.7 Å². The molecule has 21 heavy (non-hydrogen) atoms. The molecular weight excluding hydrogens is 288 g/mol. The van der Waals surface area contributed by atoms with Gasteiger partial charge in [-0.2, -0.15) is 15.0 Å². The summed E-state index contributed by atoms with van der Waals surface area (Å²) in [5.74, 6) is 0.134. The zero-order valence-corrected chi connectivity index (χ0v) is 12.4. The molecule has 0 bridgehead atoms. The van der Waals surface area contributed by atoms with E-state index in [-0.39, 0.29) is 5.91 Å². The summed E-state index contributed by atoms with van der Waals surface area (Å²) in [7, 11) is 0. The first-order chi connectivity index (χ1) is 10.2. The minimum atomic E-state index is 0.134. The Morgan fingerprint density at radius 2 is 1.86 bits per heavy atom. The maximum absolute atomic E-state index is 12.3. The molecule has 1 aliphatic rings. The van der Waals surface area contributed by atoms with Crippen molar-refractivity contribution in [2.24, 2.45) is 0 Å². The quantitative estimate of drug-likeness (QED) is 0.874. The molecule has 0 atom stereocenters. The fraction of sp³-hybridized carbons (Fsp3) is 0.400. The van der Waals surface area contributed by atoms with Crippen LogP contribution in [0.5, 0.6) is 0 Å². The zero-order chi connectivity index (χ0) is 14.7. The molecule has 5 nitrogen and oxygen atoms in total. The Bertz CT molecular complexity index is 606. The van der Waals surface area contributed by atoms with Crippen LogP contribution in [-0.2, 0) is 11.2 Å². The molecule has 1 aromatic heterocycles. The second kappa shape index (κ2) is 6.26. The van der Waals surface area contributed by atoms with E-state index in [0.717, 1.165) is 31.5 Å². The number of amides is 1. The average Bonchev–Trinajstić information content (AvgIpc) is 3.04. The summed E-state index contributed by atoms with van der Waals surface area (Å²) in [5.41, 5.74) is 0.889. The van der Waals surface area contributed by atoms with Crippen molar-refractivity contribution in [3.05, 3.63) is 47.2 Å². The molecule has 6 heteroatoms. The minimum Gasteiger partial charge on any atom is -0.342 e. The maximum atomic E-state index is 12.3. The highest BCUT2D eigenvalue weighted by Crippen LogP contribution is 2.22. The molecule has 110 valence electrons. The Balaban J connectivity index is 1.57. The minimum absolute atomic E-state index is 0.134. The third kappa shape index (κ3) is 3.24. The van der Waals surface area contributed by atoms with Crippen LogP contribution < -0.4 is 0 Å². The van der Waals surface area contributed by atoms with E-state index in [2.05, 4.69) is 10.2 Å². The number of benzene rings is 1. The predicted octanol–water partition coefficient (Wildman–Crippen LogP) is 2.34. The van der Waals surface area contributed by atoms with Crippen LogP contribution in [0, 0.1) is 0 Å². The van der Waals surface area contributed by atoms with Gasteiger partial charge in [0.25, 0.3) is 0 Å². The third-order valence-corrected chi connectivity index (χ3v) is 4.25. The average molecular weight is 305 g/mol. The van der Waals surface area contributed by atoms with Crippen LogP contribution in [0.3, 0.4) is 0 Å². The first kappa shape index (κ1) is 14.1. The molecule has 0 saturated carbocycles. The molecule has 0 unspecified atom stereocenters. The normalized spacial score (nSPS) is 16.1. The van der Waals surface area contributed by atoms with Crippen LogP contribution in [0.4, 0.5) is 0 Å². The van der Waals surface area contributed by atoms with E-state index in [1.54, 1.807) is 17.2 Å². The monoisotopic (exact) mass is 304 g/mol. The number of carbonyl (C=O) groups is 1. The molecule has 1 aliphatic heterocycles. The van der Waals surface area contributed by atoms with Gasteiger partial charge in [0.15, 0.2) is 0 Å². The van der Waals surface area contributed by atoms with E-state index in [4.69, 9.17) is 11.6 Å². The highest BCUT2D eigenvalue weighted by molar-refractivity contribution is 6.31. The van der Waals surface area contributed by atoms with Gasteiger partial charge < -0.3 is 4.90 Å². The molecule has 1 fully saturated rings. The van der Waals surface area contributed by atoms with Crippen molar-refractivity contribution in [3.63, 3.8) is 0 Å². The highest BCUT2D eigenvalue weighted by Gasteiger charge is 2.24. The number of hydrogen-bond acceptors (Lipinski definition) is 3. The molecule has 1 aromatic carbocycles. The number of likely N-dealkylation sites (tertiary alicyclic amines) is 1. The molecule has 3 rings (SSSR count). The van der Waals surface area contributed by atoms with Gasteiger partial charge in [0.1, 0.15) is 0 Å². The van der Waals surface area contributed by atoms with Gasteiger partial charge in [-0.25, -0.2) is 0 Å². The number of aromatic nitrogens is 3. The summed E-state index contributed by atoms with van der Waals surface area (Å²) in [4.78, 5) is 16.0. The number of carbonyl (C=O) groups excluding carboxylic acids is 1. The molecule has 0 aliphatic carbocycles. The first-order valence-corrected chi connectivity index (χ1v) is 7.49. The Kier molecular flexibility index (Phi) is 4.20. The summed E-state index contributed by atoms with van der Waals surface area (Å²) < 4.78 is 0.